The lowest BCUT2D eigenvalue weighted by Gasteiger charge is -2.23. The number of unbranched alkanes of at least 4 members (excludes halogenated alkanes) is 4. The maximum absolute atomic E-state index is 14.2. The number of hydrogen-bond acceptors (Lipinski definition) is 4. The second-order valence-corrected chi connectivity index (χ2v) is 8.57. The first kappa shape index (κ1) is 24.7. The van der Waals surface area contributed by atoms with Crippen LogP contribution in [-0.4, -0.2) is 40.1 Å². The van der Waals surface area contributed by atoms with Crippen molar-refractivity contribution in [3.05, 3.63) is 44.8 Å². The number of imidazole rings is 1. The van der Waals surface area contributed by atoms with Gasteiger partial charge in [0.15, 0.2) is 0 Å². The van der Waals surface area contributed by atoms with Gasteiger partial charge in [0.1, 0.15) is 16.9 Å². The van der Waals surface area contributed by atoms with E-state index in [9.17, 15) is 14.0 Å². The number of carbonyl (C=O) groups is 1. The number of nitrogens with one attached hydrogen (secondary N) is 1. The Hall–Kier alpha value is -2.90. The number of fused-ring (bicyclic) bond motifs is 2. The maximum Gasteiger partial charge on any atom is 0.274 e. The molecule has 1 aromatic carbocycles. The molecule has 0 radical (unpaired) electrons. The number of benzene rings is 1. The third-order valence-electron chi connectivity index (χ3n) is 5.97. The number of carbonyl (C=O) groups excluding carboxylic acids is 1. The monoisotopic (exact) mass is 458 g/mol. The first-order valence-electron chi connectivity index (χ1n) is 12.0. The molecular weight excluding hydrogens is 423 g/mol. The highest BCUT2D eigenvalue weighted by Crippen LogP contribution is 2.32. The highest BCUT2D eigenvalue weighted by atomic mass is 19.1. The predicted octanol–water partition coefficient (Wildman–Crippen LogP) is 3.41. The summed E-state index contributed by atoms with van der Waals surface area (Å²) in [5, 5.41) is 0.298. The van der Waals surface area contributed by atoms with E-state index in [0.717, 1.165) is 51.6 Å². The number of ether oxygens (including phenoxy) is 1. The van der Waals surface area contributed by atoms with Gasteiger partial charge in [0.25, 0.3) is 5.56 Å². The van der Waals surface area contributed by atoms with Gasteiger partial charge in [-0.3, -0.25) is 14.6 Å². The molecule has 1 N–H and O–H groups in total. The molecule has 0 bridgehead atoms. The van der Waals surface area contributed by atoms with Gasteiger partial charge in [-0.05, 0) is 19.3 Å². The number of rotatable bonds is 13. The lowest BCUT2D eigenvalue weighted by molar-refractivity contribution is -0.131. The predicted molar refractivity (Wildman–Crippen MR) is 127 cm³/mol. The molecule has 1 aromatic heterocycles. The molecule has 33 heavy (non-hydrogen) atoms. The van der Waals surface area contributed by atoms with E-state index >= 15 is 0 Å². The van der Waals surface area contributed by atoms with Crippen LogP contribution >= 0.6 is 0 Å². The van der Waals surface area contributed by atoms with E-state index in [2.05, 4.69) is 30.4 Å². The van der Waals surface area contributed by atoms with Gasteiger partial charge in [0.05, 0.1) is 18.8 Å². The number of hydrogen-bond donors (Lipinski definition) is 1. The Kier molecular flexibility index (Phi) is 8.86. The van der Waals surface area contributed by atoms with Crippen molar-refractivity contribution in [3.63, 3.8) is 0 Å². The van der Waals surface area contributed by atoms with Gasteiger partial charge in [0.2, 0.25) is 11.5 Å². The second-order valence-electron chi connectivity index (χ2n) is 8.57. The quantitative estimate of drug-likeness (QED) is 0.399. The van der Waals surface area contributed by atoms with E-state index in [0.29, 0.717) is 54.0 Å². The number of amides is 1. The molecular formula is C25H35FN4O3. The minimum atomic E-state index is -0.459. The Morgan fingerprint density at radius 3 is 2.55 bits per heavy atom. The first-order valence-corrected chi connectivity index (χ1v) is 12.0. The lowest BCUT2D eigenvalue weighted by atomic mass is 10.1. The zero-order valence-corrected chi connectivity index (χ0v) is 19.8. The Morgan fingerprint density at radius 1 is 1.18 bits per heavy atom. The van der Waals surface area contributed by atoms with E-state index in [1.54, 1.807) is 4.57 Å². The molecule has 2 heterocycles. The zero-order chi connectivity index (χ0) is 23.8. The first-order chi connectivity index (χ1) is 15.9. The normalized spacial score (nSPS) is 12.1. The minimum absolute atomic E-state index is 0.152. The molecule has 7 nitrogen and oxygen atoms in total. The largest absolute Gasteiger partial charge is 0.493 e. The third kappa shape index (κ3) is 6.33. The van der Waals surface area contributed by atoms with Crippen molar-refractivity contribution in [3.8, 4) is 5.75 Å². The molecule has 3 rings (SSSR count). The molecule has 0 spiro atoms. The number of H-pyrrole nitrogens is 1. The molecule has 0 fully saturated rings. The fourth-order valence-corrected chi connectivity index (χ4v) is 4.04. The number of aromatic nitrogens is 2. The van der Waals surface area contributed by atoms with E-state index in [-0.39, 0.29) is 11.5 Å². The summed E-state index contributed by atoms with van der Waals surface area (Å²) in [5.74, 6) is 0.0771. The highest BCUT2D eigenvalue weighted by Gasteiger charge is 2.19. The standard InChI is InChI=1S/C25H35FN4O3/c1-4-6-8-12-29(13-9-7-5-2)23(31)11-10-14-33-22-16-19(26)15-21-20(22)17-30-18(3)24(32)28-25(30)27-21/h15-16H,3-14,17H2,1-2H3,(H,27,28,32). The van der Waals surface area contributed by atoms with E-state index in [4.69, 9.17) is 4.74 Å². The van der Waals surface area contributed by atoms with Crippen LogP contribution in [0.25, 0.3) is 6.58 Å². The minimum Gasteiger partial charge on any atom is -0.493 e. The van der Waals surface area contributed by atoms with Gasteiger partial charge < -0.3 is 14.2 Å². The average molecular weight is 459 g/mol. The van der Waals surface area contributed by atoms with Crippen LogP contribution < -0.4 is 21.3 Å². The Bertz CT molecular complexity index is 1110. The molecule has 0 atom stereocenters. The zero-order valence-electron chi connectivity index (χ0n) is 19.8. The van der Waals surface area contributed by atoms with Crippen LogP contribution in [0.1, 0.15) is 70.8 Å². The van der Waals surface area contributed by atoms with Gasteiger partial charge in [-0.2, -0.15) is 0 Å². The summed E-state index contributed by atoms with van der Waals surface area (Å²) in [5.41, 5.74) is 1.17. The van der Waals surface area contributed by atoms with Crippen LogP contribution in [-0.2, 0) is 11.3 Å². The summed E-state index contributed by atoms with van der Waals surface area (Å²) in [6.07, 6.45) is 7.52. The van der Waals surface area contributed by atoms with E-state index in [1.165, 1.54) is 12.1 Å². The summed E-state index contributed by atoms with van der Waals surface area (Å²) in [6, 6.07) is 2.66. The van der Waals surface area contributed by atoms with Crippen molar-refractivity contribution in [1.82, 2.24) is 14.5 Å². The molecule has 1 amide bonds. The van der Waals surface area contributed by atoms with Crippen molar-refractivity contribution >= 4 is 18.2 Å². The number of aromatic amines is 1. The van der Waals surface area contributed by atoms with Crippen molar-refractivity contribution in [2.24, 2.45) is 4.99 Å². The molecule has 0 saturated carbocycles. The molecule has 0 aliphatic carbocycles. The van der Waals surface area contributed by atoms with Crippen molar-refractivity contribution in [2.45, 2.75) is 71.8 Å². The fourth-order valence-electron chi connectivity index (χ4n) is 4.04. The Labute approximate surface area is 194 Å². The third-order valence-corrected chi connectivity index (χ3v) is 5.97. The Balaban J connectivity index is 1.59. The molecule has 0 saturated heterocycles. The molecule has 2 aromatic rings. The van der Waals surface area contributed by atoms with Crippen LogP contribution in [0, 0.1) is 5.82 Å². The summed E-state index contributed by atoms with van der Waals surface area (Å²) >= 11 is 0. The molecule has 1 aliphatic heterocycles. The van der Waals surface area contributed by atoms with Crippen molar-refractivity contribution in [1.29, 1.82) is 0 Å². The molecule has 8 heteroatoms. The summed E-state index contributed by atoms with van der Waals surface area (Å²) in [4.78, 5) is 33.6. The SMILES string of the molecule is C=c1c(=O)[nH]c2n1Cc1c(cc(F)cc1OCCCC(=O)N(CCCCC)CCCCC)N=2. The second kappa shape index (κ2) is 11.8. The number of nitrogens with zero attached hydrogens (tertiary/aromatic N) is 3. The topological polar surface area (TPSA) is 79.7 Å². The molecule has 180 valence electrons. The highest BCUT2D eigenvalue weighted by molar-refractivity contribution is 5.76. The van der Waals surface area contributed by atoms with E-state index in [1.807, 2.05) is 4.90 Å². The van der Waals surface area contributed by atoms with E-state index < -0.39 is 5.82 Å². The van der Waals surface area contributed by atoms with Crippen molar-refractivity contribution in [2.75, 3.05) is 19.7 Å². The van der Waals surface area contributed by atoms with Gasteiger partial charge in [0, 0.05) is 37.2 Å². The number of halogens is 1. The average Bonchev–Trinajstić information content (AvgIpc) is 3.06. The van der Waals surface area contributed by atoms with Crippen LogP contribution in [0.15, 0.2) is 21.9 Å². The van der Waals surface area contributed by atoms with Gasteiger partial charge in [-0.1, -0.05) is 46.1 Å². The smallest absolute Gasteiger partial charge is 0.274 e. The summed E-state index contributed by atoms with van der Waals surface area (Å²) < 4.78 is 21.7. The van der Waals surface area contributed by atoms with Gasteiger partial charge >= 0.3 is 0 Å². The lowest BCUT2D eigenvalue weighted by Crippen LogP contribution is -2.33. The van der Waals surface area contributed by atoms with Gasteiger partial charge in [-0.25, -0.2) is 9.38 Å². The van der Waals surface area contributed by atoms with Crippen LogP contribution in [0.3, 0.4) is 0 Å². The fraction of sp³-hybridized carbons (Fsp3) is 0.560. The van der Waals surface area contributed by atoms with Crippen LogP contribution in [0.5, 0.6) is 5.75 Å². The summed E-state index contributed by atoms with van der Waals surface area (Å²) in [7, 11) is 0. The van der Waals surface area contributed by atoms with Crippen LogP contribution in [0.2, 0.25) is 0 Å². The summed E-state index contributed by atoms with van der Waals surface area (Å²) in [6.45, 7) is 10.3. The maximum atomic E-state index is 14.2. The van der Waals surface area contributed by atoms with Crippen molar-refractivity contribution < 1.29 is 13.9 Å². The van der Waals surface area contributed by atoms with Gasteiger partial charge in [-0.15, -0.1) is 0 Å². The Morgan fingerprint density at radius 2 is 1.88 bits per heavy atom. The van der Waals surface area contributed by atoms with Crippen LogP contribution in [0.4, 0.5) is 10.1 Å². The molecule has 1 aliphatic rings. The molecule has 0 unspecified atom stereocenters.